The maximum absolute atomic E-state index is 6.70. The van der Waals surface area contributed by atoms with Crippen LogP contribution in [0.15, 0.2) is 138 Å². The highest BCUT2D eigenvalue weighted by Gasteiger charge is 2.24. The summed E-state index contributed by atoms with van der Waals surface area (Å²) < 4.78 is 11.5. The minimum absolute atomic E-state index is 0.896. The Bertz CT molecular complexity index is 2390. The molecule has 0 bridgehead atoms. The monoisotopic (exact) mass is 498 g/mol. The SMILES string of the molecule is c1ccc(-n2c3ccccc3c3oc4ccc5c6ccccc6n(-c6ccc7ccccc7c6)c5c4c32)cc1. The van der Waals surface area contributed by atoms with Crippen molar-refractivity contribution in [1.29, 1.82) is 0 Å². The molecule has 182 valence electrons. The first-order valence-corrected chi connectivity index (χ1v) is 13.3. The summed E-state index contributed by atoms with van der Waals surface area (Å²) in [5.41, 5.74) is 8.69. The molecule has 0 spiro atoms. The molecule has 3 aromatic heterocycles. The average Bonchev–Trinajstić information content (AvgIpc) is 3.64. The summed E-state index contributed by atoms with van der Waals surface area (Å²) in [6, 6.07) is 47.5. The molecule has 9 aromatic rings. The lowest BCUT2D eigenvalue weighted by molar-refractivity contribution is 0.673. The number of fused-ring (bicyclic) bond motifs is 10. The van der Waals surface area contributed by atoms with E-state index in [1.165, 1.54) is 32.6 Å². The molecule has 0 unspecified atom stereocenters. The number of hydrogen-bond acceptors (Lipinski definition) is 1. The van der Waals surface area contributed by atoms with Gasteiger partial charge in [0, 0.05) is 27.5 Å². The van der Waals surface area contributed by atoms with Gasteiger partial charge in [0.2, 0.25) is 0 Å². The topological polar surface area (TPSA) is 23.0 Å². The molecule has 0 atom stereocenters. The van der Waals surface area contributed by atoms with E-state index in [2.05, 4.69) is 143 Å². The standard InChI is InChI=1S/C36H22N2O/c1-2-12-25(13-3-1)37-31-17-9-7-15-29(31)36-35(37)33-32(39-36)21-20-28-27-14-6-8-16-30(27)38(34(28)33)26-19-18-23-10-4-5-11-24(23)22-26/h1-22H. The van der Waals surface area contributed by atoms with E-state index in [1.54, 1.807) is 0 Å². The van der Waals surface area contributed by atoms with Crippen molar-refractivity contribution in [3.8, 4) is 11.4 Å². The lowest BCUT2D eigenvalue weighted by atomic mass is 10.1. The van der Waals surface area contributed by atoms with Crippen molar-refractivity contribution in [1.82, 2.24) is 9.13 Å². The number of para-hydroxylation sites is 3. The van der Waals surface area contributed by atoms with Crippen LogP contribution in [-0.4, -0.2) is 9.13 Å². The Balaban J connectivity index is 1.54. The van der Waals surface area contributed by atoms with E-state index in [-0.39, 0.29) is 0 Å². The second-order valence-electron chi connectivity index (χ2n) is 10.2. The van der Waals surface area contributed by atoms with Gasteiger partial charge in [0.05, 0.1) is 21.9 Å². The predicted molar refractivity (Wildman–Crippen MR) is 162 cm³/mol. The Morgan fingerprint density at radius 1 is 0.436 bits per heavy atom. The smallest absolute Gasteiger partial charge is 0.161 e. The number of rotatable bonds is 2. The van der Waals surface area contributed by atoms with E-state index in [0.717, 1.165) is 44.3 Å². The molecule has 0 saturated heterocycles. The van der Waals surface area contributed by atoms with Crippen molar-refractivity contribution in [2.45, 2.75) is 0 Å². The van der Waals surface area contributed by atoms with Crippen LogP contribution in [0.4, 0.5) is 0 Å². The molecule has 0 N–H and O–H groups in total. The first-order chi connectivity index (χ1) is 19.4. The number of nitrogens with zero attached hydrogens (tertiary/aromatic N) is 2. The van der Waals surface area contributed by atoms with Crippen molar-refractivity contribution in [3.05, 3.63) is 133 Å². The minimum atomic E-state index is 0.896. The molecular weight excluding hydrogens is 476 g/mol. The molecule has 3 heteroatoms. The molecule has 9 rings (SSSR count). The second-order valence-corrected chi connectivity index (χ2v) is 10.2. The number of furan rings is 1. The maximum atomic E-state index is 6.70. The van der Waals surface area contributed by atoms with Gasteiger partial charge in [-0.1, -0.05) is 78.9 Å². The van der Waals surface area contributed by atoms with Crippen molar-refractivity contribution in [3.63, 3.8) is 0 Å². The molecule has 0 saturated carbocycles. The van der Waals surface area contributed by atoms with Gasteiger partial charge in [-0.05, 0) is 65.4 Å². The molecule has 39 heavy (non-hydrogen) atoms. The largest absolute Gasteiger partial charge is 0.454 e. The van der Waals surface area contributed by atoms with Crippen LogP contribution in [0.25, 0.3) is 76.9 Å². The van der Waals surface area contributed by atoms with Crippen LogP contribution in [0, 0.1) is 0 Å². The number of benzene rings is 6. The van der Waals surface area contributed by atoms with Gasteiger partial charge in [-0.2, -0.15) is 0 Å². The summed E-state index contributed by atoms with van der Waals surface area (Å²) in [6.45, 7) is 0. The predicted octanol–water partition coefficient (Wildman–Crippen LogP) is 9.78. The summed E-state index contributed by atoms with van der Waals surface area (Å²) in [5.74, 6) is 0. The molecule has 3 heterocycles. The van der Waals surface area contributed by atoms with Gasteiger partial charge in [0.25, 0.3) is 0 Å². The van der Waals surface area contributed by atoms with E-state index in [9.17, 15) is 0 Å². The molecule has 0 aliphatic heterocycles. The molecule has 0 aliphatic rings. The van der Waals surface area contributed by atoms with Crippen molar-refractivity contribution in [2.75, 3.05) is 0 Å². The van der Waals surface area contributed by atoms with Crippen LogP contribution in [0.5, 0.6) is 0 Å². The van der Waals surface area contributed by atoms with Gasteiger partial charge in [0.15, 0.2) is 5.58 Å². The van der Waals surface area contributed by atoms with Crippen LogP contribution in [0.3, 0.4) is 0 Å². The first-order valence-electron chi connectivity index (χ1n) is 13.3. The lowest BCUT2D eigenvalue weighted by Crippen LogP contribution is -1.96. The molecule has 3 nitrogen and oxygen atoms in total. The van der Waals surface area contributed by atoms with Crippen molar-refractivity contribution < 1.29 is 4.42 Å². The van der Waals surface area contributed by atoms with E-state index in [1.807, 2.05) is 0 Å². The summed E-state index contributed by atoms with van der Waals surface area (Å²) in [4.78, 5) is 0. The molecule has 0 fully saturated rings. The number of aromatic nitrogens is 2. The van der Waals surface area contributed by atoms with Gasteiger partial charge in [-0.3, -0.25) is 0 Å². The van der Waals surface area contributed by atoms with Gasteiger partial charge < -0.3 is 13.6 Å². The Morgan fingerprint density at radius 2 is 1.10 bits per heavy atom. The fourth-order valence-corrected chi connectivity index (χ4v) is 6.43. The summed E-state index contributed by atoms with van der Waals surface area (Å²) >= 11 is 0. The molecule has 0 amide bonds. The van der Waals surface area contributed by atoms with Gasteiger partial charge in [0.1, 0.15) is 11.1 Å². The quantitative estimate of drug-likeness (QED) is 0.233. The van der Waals surface area contributed by atoms with Gasteiger partial charge in [-0.25, -0.2) is 0 Å². The molecular formula is C36H22N2O. The minimum Gasteiger partial charge on any atom is -0.454 e. The molecule has 0 radical (unpaired) electrons. The zero-order valence-corrected chi connectivity index (χ0v) is 21.0. The van der Waals surface area contributed by atoms with Crippen LogP contribution in [-0.2, 0) is 0 Å². The van der Waals surface area contributed by atoms with E-state index in [0.29, 0.717) is 0 Å². The third-order valence-corrected chi connectivity index (χ3v) is 8.08. The lowest BCUT2D eigenvalue weighted by Gasteiger charge is -2.11. The van der Waals surface area contributed by atoms with E-state index in [4.69, 9.17) is 4.42 Å². The van der Waals surface area contributed by atoms with Crippen molar-refractivity contribution >= 4 is 65.6 Å². The fraction of sp³-hybridized carbons (Fsp3) is 0. The van der Waals surface area contributed by atoms with Gasteiger partial charge in [-0.15, -0.1) is 0 Å². The Labute approximate surface area is 223 Å². The second kappa shape index (κ2) is 7.62. The highest BCUT2D eigenvalue weighted by atomic mass is 16.3. The molecule has 0 aliphatic carbocycles. The van der Waals surface area contributed by atoms with Crippen LogP contribution < -0.4 is 0 Å². The third kappa shape index (κ3) is 2.76. The van der Waals surface area contributed by atoms with Crippen LogP contribution >= 0.6 is 0 Å². The van der Waals surface area contributed by atoms with E-state index < -0.39 is 0 Å². The normalized spacial score (nSPS) is 12.1. The van der Waals surface area contributed by atoms with Crippen LogP contribution in [0.2, 0.25) is 0 Å². The zero-order valence-electron chi connectivity index (χ0n) is 21.0. The summed E-state index contributed by atoms with van der Waals surface area (Å²) in [6.07, 6.45) is 0. The van der Waals surface area contributed by atoms with Gasteiger partial charge >= 0.3 is 0 Å². The summed E-state index contributed by atoms with van der Waals surface area (Å²) in [5, 5.41) is 7.17. The average molecular weight is 499 g/mol. The van der Waals surface area contributed by atoms with Crippen LogP contribution in [0.1, 0.15) is 0 Å². The zero-order chi connectivity index (χ0) is 25.5. The highest BCUT2D eigenvalue weighted by molar-refractivity contribution is 6.27. The Hall–Kier alpha value is -5.28. The Morgan fingerprint density at radius 3 is 1.95 bits per heavy atom. The Kier molecular flexibility index (Phi) is 4.05. The molecule has 6 aromatic carbocycles. The maximum Gasteiger partial charge on any atom is 0.161 e. The van der Waals surface area contributed by atoms with E-state index >= 15 is 0 Å². The third-order valence-electron chi connectivity index (χ3n) is 8.08. The number of hydrogen-bond donors (Lipinski definition) is 0. The summed E-state index contributed by atoms with van der Waals surface area (Å²) in [7, 11) is 0. The first kappa shape index (κ1) is 20.7. The fourth-order valence-electron chi connectivity index (χ4n) is 6.43. The highest BCUT2D eigenvalue weighted by Crippen LogP contribution is 2.44. The van der Waals surface area contributed by atoms with Crippen molar-refractivity contribution in [2.24, 2.45) is 0 Å².